The summed E-state index contributed by atoms with van der Waals surface area (Å²) in [6.45, 7) is 0. The second kappa shape index (κ2) is 7.09. The summed E-state index contributed by atoms with van der Waals surface area (Å²) >= 11 is 1.37. The summed E-state index contributed by atoms with van der Waals surface area (Å²) in [5.41, 5.74) is 7.85. The fraction of sp³-hybridized carbons (Fsp3) is 0.0714. The molecule has 0 saturated heterocycles. The number of rotatable bonds is 3. The smallest absolute Gasteiger partial charge is 0.151 e. The topological polar surface area (TPSA) is 49.9 Å². The van der Waals surface area contributed by atoms with E-state index in [0.717, 1.165) is 0 Å². The van der Waals surface area contributed by atoms with Gasteiger partial charge in [-0.1, -0.05) is 72.4 Å². The number of halogens is 1. The van der Waals surface area contributed by atoms with Gasteiger partial charge in [0.15, 0.2) is 5.17 Å². The molecule has 0 unspecified atom stereocenters. The first-order chi connectivity index (χ1) is 8.27. The van der Waals surface area contributed by atoms with Gasteiger partial charge in [0.25, 0.3) is 0 Å². The predicted octanol–water partition coefficient (Wildman–Crippen LogP) is 3.82. The lowest BCUT2D eigenvalue weighted by Crippen LogP contribution is -2.08. The molecular formula is C14H15ClN2S. The summed E-state index contributed by atoms with van der Waals surface area (Å²) in [4.78, 5) is 0. The van der Waals surface area contributed by atoms with Crippen LogP contribution in [0.5, 0.6) is 0 Å². The molecule has 0 atom stereocenters. The molecule has 0 aliphatic carbocycles. The highest BCUT2D eigenvalue weighted by Crippen LogP contribution is 2.34. The van der Waals surface area contributed by atoms with Crippen molar-refractivity contribution in [3.8, 4) is 0 Å². The van der Waals surface area contributed by atoms with Crippen LogP contribution < -0.4 is 5.73 Å². The molecule has 0 radical (unpaired) electrons. The van der Waals surface area contributed by atoms with E-state index < -0.39 is 0 Å². The lowest BCUT2D eigenvalue weighted by atomic mass is 10.0. The van der Waals surface area contributed by atoms with Crippen LogP contribution in [-0.2, 0) is 0 Å². The molecule has 0 amide bonds. The van der Waals surface area contributed by atoms with Gasteiger partial charge >= 0.3 is 0 Å². The molecule has 2 aromatic carbocycles. The van der Waals surface area contributed by atoms with E-state index >= 15 is 0 Å². The van der Waals surface area contributed by atoms with Gasteiger partial charge in [-0.3, -0.25) is 5.41 Å². The third-order valence-corrected chi connectivity index (χ3v) is 3.48. The Labute approximate surface area is 118 Å². The molecular weight excluding hydrogens is 264 g/mol. The van der Waals surface area contributed by atoms with Crippen molar-refractivity contribution in [2.45, 2.75) is 5.25 Å². The molecule has 0 saturated carbocycles. The number of hydrogen-bond acceptors (Lipinski definition) is 2. The van der Waals surface area contributed by atoms with Crippen molar-refractivity contribution in [1.82, 2.24) is 0 Å². The van der Waals surface area contributed by atoms with Gasteiger partial charge in [-0.2, -0.15) is 0 Å². The van der Waals surface area contributed by atoms with Crippen molar-refractivity contribution in [3.05, 3.63) is 71.8 Å². The molecule has 18 heavy (non-hydrogen) atoms. The van der Waals surface area contributed by atoms with E-state index in [0.29, 0.717) is 0 Å². The minimum absolute atomic E-state index is 0. The number of thioether (sulfide) groups is 1. The van der Waals surface area contributed by atoms with Crippen LogP contribution in [0.1, 0.15) is 16.4 Å². The predicted molar refractivity (Wildman–Crippen MR) is 81.5 cm³/mol. The van der Waals surface area contributed by atoms with Crippen molar-refractivity contribution in [3.63, 3.8) is 0 Å². The van der Waals surface area contributed by atoms with Crippen LogP contribution in [0.4, 0.5) is 0 Å². The van der Waals surface area contributed by atoms with Crippen molar-refractivity contribution in [1.29, 1.82) is 5.41 Å². The van der Waals surface area contributed by atoms with Gasteiger partial charge in [0.1, 0.15) is 0 Å². The van der Waals surface area contributed by atoms with E-state index in [2.05, 4.69) is 24.3 Å². The quantitative estimate of drug-likeness (QED) is 0.662. The number of hydrogen-bond donors (Lipinski definition) is 2. The standard InChI is InChI=1S/C14H14N2S.ClH/c15-14(16)17-13(11-7-3-1-4-8-11)12-9-5-2-6-10-12;/h1-10,13H,(H3,15,16);1H. The molecule has 0 bridgehead atoms. The van der Waals surface area contributed by atoms with Crippen LogP contribution in [0.3, 0.4) is 0 Å². The molecule has 0 aliphatic rings. The van der Waals surface area contributed by atoms with E-state index in [-0.39, 0.29) is 22.8 Å². The molecule has 0 aromatic heterocycles. The molecule has 2 rings (SSSR count). The zero-order valence-corrected chi connectivity index (χ0v) is 11.4. The molecule has 0 fully saturated rings. The average molecular weight is 279 g/mol. The number of nitrogens with one attached hydrogen (secondary N) is 1. The largest absolute Gasteiger partial charge is 0.379 e. The monoisotopic (exact) mass is 278 g/mol. The molecule has 2 nitrogen and oxygen atoms in total. The van der Waals surface area contributed by atoms with Crippen molar-refractivity contribution < 1.29 is 0 Å². The summed E-state index contributed by atoms with van der Waals surface area (Å²) in [7, 11) is 0. The zero-order chi connectivity index (χ0) is 12.1. The van der Waals surface area contributed by atoms with E-state index in [9.17, 15) is 0 Å². The van der Waals surface area contributed by atoms with Crippen molar-refractivity contribution in [2.24, 2.45) is 5.73 Å². The van der Waals surface area contributed by atoms with Gasteiger partial charge in [0, 0.05) is 0 Å². The van der Waals surface area contributed by atoms with E-state index in [1.54, 1.807) is 0 Å². The SMILES string of the molecule is Cl.N=C(N)SC(c1ccccc1)c1ccccc1. The first-order valence-corrected chi connectivity index (χ1v) is 6.26. The number of amidine groups is 1. The number of nitrogens with two attached hydrogens (primary N) is 1. The summed E-state index contributed by atoms with van der Waals surface area (Å²) in [5, 5.41) is 7.70. The van der Waals surface area contributed by atoms with Gasteiger partial charge in [-0.05, 0) is 11.1 Å². The molecule has 3 N–H and O–H groups in total. The Morgan fingerprint density at radius 2 is 1.28 bits per heavy atom. The fourth-order valence-electron chi connectivity index (χ4n) is 1.71. The molecule has 0 heterocycles. The molecule has 0 aliphatic heterocycles. The Bertz CT molecular complexity index is 448. The van der Waals surface area contributed by atoms with Gasteiger partial charge in [0.2, 0.25) is 0 Å². The maximum Gasteiger partial charge on any atom is 0.151 e. The van der Waals surface area contributed by atoms with Crippen molar-refractivity contribution in [2.75, 3.05) is 0 Å². The highest BCUT2D eigenvalue weighted by atomic mass is 35.5. The maximum absolute atomic E-state index is 7.46. The van der Waals surface area contributed by atoms with E-state index in [1.165, 1.54) is 22.9 Å². The molecule has 4 heteroatoms. The van der Waals surface area contributed by atoms with Crippen LogP contribution in [-0.4, -0.2) is 5.17 Å². The van der Waals surface area contributed by atoms with Gasteiger partial charge < -0.3 is 5.73 Å². The fourth-order valence-corrected chi connectivity index (χ4v) is 2.55. The van der Waals surface area contributed by atoms with Crippen LogP contribution in [0.25, 0.3) is 0 Å². The summed E-state index contributed by atoms with van der Waals surface area (Å²) in [5.74, 6) is 0. The Balaban J connectivity index is 0.00000162. The zero-order valence-electron chi connectivity index (χ0n) is 9.74. The first kappa shape index (κ1) is 14.6. The second-order valence-electron chi connectivity index (χ2n) is 3.68. The van der Waals surface area contributed by atoms with Crippen LogP contribution in [0.15, 0.2) is 60.7 Å². The first-order valence-electron chi connectivity index (χ1n) is 5.38. The summed E-state index contributed by atoms with van der Waals surface area (Å²) in [6.07, 6.45) is 0. The minimum atomic E-state index is 0. The third kappa shape index (κ3) is 3.79. The summed E-state index contributed by atoms with van der Waals surface area (Å²) in [6, 6.07) is 20.3. The second-order valence-corrected chi connectivity index (χ2v) is 4.83. The highest BCUT2D eigenvalue weighted by Gasteiger charge is 2.15. The van der Waals surface area contributed by atoms with E-state index in [4.69, 9.17) is 11.1 Å². The highest BCUT2D eigenvalue weighted by molar-refractivity contribution is 8.14. The van der Waals surface area contributed by atoms with Crippen LogP contribution in [0.2, 0.25) is 0 Å². The maximum atomic E-state index is 7.46. The minimum Gasteiger partial charge on any atom is -0.379 e. The molecule has 2 aromatic rings. The molecule has 94 valence electrons. The molecule has 0 spiro atoms. The van der Waals surface area contributed by atoms with Gasteiger partial charge in [-0.25, -0.2) is 0 Å². The number of benzene rings is 2. The Kier molecular flexibility index (Phi) is 5.75. The normalized spacial score (nSPS) is 9.83. The Hall–Kier alpha value is -1.45. The Morgan fingerprint density at radius 3 is 1.61 bits per heavy atom. The van der Waals surface area contributed by atoms with Crippen LogP contribution >= 0.6 is 24.2 Å². The van der Waals surface area contributed by atoms with Gasteiger partial charge in [0.05, 0.1) is 5.25 Å². The Morgan fingerprint density at radius 1 is 0.889 bits per heavy atom. The van der Waals surface area contributed by atoms with Crippen LogP contribution in [0, 0.1) is 5.41 Å². The van der Waals surface area contributed by atoms with E-state index in [1.807, 2.05) is 36.4 Å². The average Bonchev–Trinajstić information content (AvgIpc) is 2.38. The van der Waals surface area contributed by atoms with Crippen molar-refractivity contribution >= 4 is 29.3 Å². The summed E-state index contributed by atoms with van der Waals surface area (Å²) < 4.78 is 0. The third-order valence-electron chi connectivity index (χ3n) is 2.45. The lowest BCUT2D eigenvalue weighted by Gasteiger charge is -2.16. The lowest BCUT2D eigenvalue weighted by molar-refractivity contribution is 1.16. The van der Waals surface area contributed by atoms with Gasteiger partial charge in [-0.15, -0.1) is 12.4 Å².